The van der Waals surface area contributed by atoms with Gasteiger partial charge in [0.2, 0.25) is 0 Å². The van der Waals surface area contributed by atoms with E-state index in [2.05, 4.69) is 26.2 Å². The first-order valence-corrected chi connectivity index (χ1v) is 6.28. The van der Waals surface area contributed by atoms with E-state index in [9.17, 15) is 9.90 Å². The number of pyridine rings is 1. The van der Waals surface area contributed by atoms with Gasteiger partial charge in [0.1, 0.15) is 11.6 Å². The van der Waals surface area contributed by atoms with Crippen molar-refractivity contribution in [2.45, 2.75) is 6.92 Å². The average Bonchev–Trinajstić information content (AvgIpc) is 2.35. The molecule has 0 saturated heterocycles. The fourth-order valence-corrected chi connectivity index (χ4v) is 2.02. The van der Waals surface area contributed by atoms with Crippen LogP contribution in [0.1, 0.15) is 15.9 Å². The number of hydrogen-bond donors (Lipinski definition) is 3. The Labute approximate surface area is 118 Å². The molecule has 0 radical (unpaired) electrons. The first kappa shape index (κ1) is 13.4. The van der Waals surface area contributed by atoms with E-state index < -0.39 is 5.91 Å². The number of amides is 1. The number of anilines is 2. The molecule has 0 unspecified atom stereocenters. The number of nitrogens with two attached hydrogens (primary N) is 1. The fourth-order valence-electron chi connectivity index (χ4n) is 1.55. The number of hydrogen-bond acceptors (Lipinski definition) is 4. The number of rotatable bonds is 2. The summed E-state index contributed by atoms with van der Waals surface area (Å²) in [5.74, 6) is -0.158. The van der Waals surface area contributed by atoms with Crippen LogP contribution < -0.4 is 11.1 Å². The molecule has 0 aliphatic carbocycles. The third-order valence-corrected chi connectivity index (χ3v) is 3.10. The maximum absolute atomic E-state index is 12.1. The molecule has 0 aliphatic heterocycles. The van der Waals surface area contributed by atoms with Crippen LogP contribution in [0.5, 0.6) is 5.75 Å². The van der Waals surface area contributed by atoms with Crippen molar-refractivity contribution in [3.05, 3.63) is 46.1 Å². The highest BCUT2D eigenvalue weighted by molar-refractivity contribution is 9.10. The first-order valence-electron chi connectivity index (χ1n) is 5.49. The largest absolute Gasteiger partial charge is 0.507 e. The van der Waals surface area contributed by atoms with E-state index in [1.54, 1.807) is 18.2 Å². The van der Waals surface area contributed by atoms with Gasteiger partial charge in [-0.3, -0.25) is 4.79 Å². The summed E-state index contributed by atoms with van der Waals surface area (Å²) in [6.45, 7) is 1.84. The second-order valence-electron chi connectivity index (χ2n) is 4.07. The van der Waals surface area contributed by atoms with Gasteiger partial charge in [-0.2, -0.15) is 0 Å². The molecule has 19 heavy (non-hydrogen) atoms. The van der Waals surface area contributed by atoms with Crippen LogP contribution in [0.2, 0.25) is 0 Å². The third-order valence-electron chi connectivity index (χ3n) is 2.49. The van der Waals surface area contributed by atoms with Crippen LogP contribution in [-0.2, 0) is 0 Å². The Morgan fingerprint density at radius 1 is 1.42 bits per heavy atom. The lowest BCUT2D eigenvalue weighted by atomic mass is 10.1. The molecular formula is C13H12BrN3O2. The van der Waals surface area contributed by atoms with Gasteiger partial charge in [0.05, 0.1) is 21.9 Å². The topological polar surface area (TPSA) is 88.2 Å². The standard InChI is InChI=1S/C13H12BrN3O2/c1-7-2-3-11(18)9(4-7)13(19)17-12-10(14)5-8(15)6-16-12/h2-6,18H,15H2,1H3,(H,16,17,19). The van der Waals surface area contributed by atoms with E-state index in [4.69, 9.17) is 5.73 Å². The molecule has 0 saturated carbocycles. The van der Waals surface area contributed by atoms with Crippen LogP contribution >= 0.6 is 15.9 Å². The predicted molar refractivity (Wildman–Crippen MR) is 77.1 cm³/mol. The SMILES string of the molecule is Cc1ccc(O)c(C(=O)Nc2ncc(N)cc2Br)c1. The molecule has 1 aromatic heterocycles. The smallest absolute Gasteiger partial charge is 0.260 e. The first-order chi connectivity index (χ1) is 8.97. The lowest BCUT2D eigenvalue weighted by Gasteiger charge is -2.08. The van der Waals surface area contributed by atoms with Crippen molar-refractivity contribution < 1.29 is 9.90 Å². The Morgan fingerprint density at radius 3 is 2.84 bits per heavy atom. The number of halogens is 1. The minimum absolute atomic E-state index is 0.0744. The van der Waals surface area contributed by atoms with Gasteiger partial charge in [-0.25, -0.2) is 4.98 Å². The minimum atomic E-state index is -0.431. The van der Waals surface area contributed by atoms with Crippen molar-refractivity contribution in [3.63, 3.8) is 0 Å². The van der Waals surface area contributed by atoms with Gasteiger partial charge in [0, 0.05) is 0 Å². The summed E-state index contributed by atoms with van der Waals surface area (Å²) in [4.78, 5) is 16.1. The molecular weight excluding hydrogens is 310 g/mol. The summed E-state index contributed by atoms with van der Waals surface area (Å²) >= 11 is 3.26. The van der Waals surface area contributed by atoms with E-state index in [-0.39, 0.29) is 11.3 Å². The fraction of sp³-hybridized carbons (Fsp3) is 0.0769. The molecule has 98 valence electrons. The number of nitrogens with one attached hydrogen (secondary N) is 1. The number of carbonyl (C=O) groups is 1. The van der Waals surface area contributed by atoms with Crippen molar-refractivity contribution >= 4 is 33.3 Å². The predicted octanol–water partition coefficient (Wildman–Crippen LogP) is 2.69. The highest BCUT2D eigenvalue weighted by atomic mass is 79.9. The Kier molecular flexibility index (Phi) is 3.71. The molecule has 0 bridgehead atoms. The van der Waals surface area contributed by atoms with E-state index >= 15 is 0 Å². The van der Waals surface area contributed by atoms with Gasteiger partial charge in [0.25, 0.3) is 5.91 Å². The number of nitrogens with zero attached hydrogens (tertiary/aromatic N) is 1. The van der Waals surface area contributed by atoms with E-state index in [1.807, 2.05) is 6.92 Å². The second kappa shape index (κ2) is 5.27. The molecule has 0 spiro atoms. The number of aryl methyl sites for hydroxylation is 1. The highest BCUT2D eigenvalue weighted by Crippen LogP contribution is 2.24. The van der Waals surface area contributed by atoms with E-state index in [0.717, 1.165) is 5.56 Å². The summed E-state index contributed by atoms with van der Waals surface area (Å²) < 4.78 is 0.577. The van der Waals surface area contributed by atoms with Gasteiger partial charge in [-0.1, -0.05) is 11.6 Å². The van der Waals surface area contributed by atoms with Gasteiger partial charge < -0.3 is 16.2 Å². The number of aromatic hydroxyl groups is 1. The normalized spacial score (nSPS) is 10.2. The molecule has 0 atom stereocenters. The Balaban J connectivity index is 2.28. The van der Waals surface area contributed by atoms with Crippen LogP contribution in [0, 0.1) is 6.92 Å². The van der Waals surface area contributed by atoms with E-state index in [0.29, 0.717) is 16.0 Å². The number of phenolic OH excluding ortho intramolecular Hbond substituents is 1. The van der Waals surface area contributed by atoms with Gasteiger partial charge in [0.15, 0.2) is 0 Å². The summed E-state index contributed by atoms with van der Waals surface area (Å²) in [5.41, 5.74) is 7.14. The molecule has 0 aliphatic rings. The molecule has 5 nitrogen and oxygen atoms in total. The second-order valence-corrected chi connectivity index (χ2v) is 4.93. The van der Waals surface area contributed by atoms with Gasteiger partial charge in [-0.05, 0) is 41.1 Å². The average molecular weight is 322 g/mol. The lowest BCUT2D eigenvalue weighted by molar-refractivity contribution is 0.102. The summed E-state index contributed by atoms with van der Waals surface area (Å²) in [6.07, 6.45) is 1.44. The Bertz CT molecular complexity index is 644. The zero-order chi connectivity index (χ0) is 14.0. The van der Waals surface area contributed by atoms with Crippen molar-refractivity contribution in [1.29, 1.82) is 0 Å². The zero-order valence-corrected chi connectivity index (χ0v) is 11.7. The van der Waals surface area contributed by atoms with Crippen LogP contribution in [0.15, 0.2) is 34.9 Å². The maximum Gasteiger partial charge on any atom is 0.260 e. The summed E-state index contributed by atoms with van der Waals surface area (Å²) in [5, 5.41) is 12.3. The molecule has 1 heterocycles. The zero-order valence-electron chi connectivity index (χ0n) is 10.1. The van der Waals surface area contributed by atoms with Gasteiger partial charge in [-0.15, -0.1) is 0 Å². The quantitative estimate of drug-likeness (QED) is 0.793. The van der Waals surface area contributed by atoms with Crippen LogP contribution in [0.4, 0.5) is 11.5 Å². The molecule has 1 aromatic carbocycles. The summed E-state index contributed by atoms with van der Waals surface area (Å²) in [6, 6.07) is 6.45. The molecule has 4 N–H and O–H groups in total. The number of benzene rings is 1. The van der Waals surface area contributed by atoms with Crippen LogP contribution in [0.25, 0.3) is 0 Å². The minimum Gasteiger partial charge on any atom is -0.507 e. The van der Waals surface area contributed by atoms with Crippen LogP contribution in [0.3, 0.4) is 0 Å². The number of aromatic nitrogens is 1. The Morgan fingerprint density at radius 2 is 2.16 bits per heavy atom. The maximum atomic E-state index is 12.1. The number of phenols is 1. The van der Waals surface area contributed by atoms with Crippen molar-refractivity contribution in [3.8, 4) is 5.75 Å². The third kappa shape index (κ3) is 3.03. The van der Waals surface area contributed by atoms with Crippen molar-refractivity contribution in [2.75, 3.05) is 11.1 Å². The monoisotopic (exact) mass is 321 g/mol. The molecule has 6 heteroatoms. The lowest BCUT2D eigenvalue weighted by Crippen LogP contribution is -2.14. The van der Waals surface area contributed by atoms with Gasteiger partial charge >= 0.3 is 0 Å². The molecule has 0 fully saturated rings. The molecule has 2 aromatic rings. The molecule has 1 amide bonds. The highest BCUT2D eigenvalue weighted by Gasteiger charge is 2.13. The number of carbonyl (C=O) groups excluding carboxylic acids is 1. The number of nitrogen functional groups attached to an aromatic ring is 1. The van der Waals surface area contributed by atoms with Crippen molar-refractivity contribution in [2.24, 2.45) is 0 Å². The molecule has 2 rings (SSSR count). The van der Waals surface area contributed by atoms with Crippen molar-refractivity contribution in [1.82, 2.24) is 4.98 Å². The summed E-state index contributed by atoms with van der Waals surface area (Å²) in [7, 11) is 0. The van der Waals surface area contributed by atoms with Crippen LogP contribution in [-0.4, -0.2) is 16.0 Å². The van der Waals surface area contributed by atoms with E-state index in [1.165, 1.54) is 12.3 Å². The Hall–Kier alpha value is -2.08.